The lowest BCUT2D eigenvalue weighted by molar-refractivity contribution is 0.0970. The summed E-state index contributed by atoms with van der Waals surface area (Å²) < 4.78 is 24.0. The number of methoxy groups -OCH3 is 1. The Morgan fingerprint density at radius 1 is 1.25 bits per heavy atom. The number of halogens is 1. The molecule has 0 amide bonds. The van der Waals surface area contributed by atoms with Crippen molar-refractivity contribution in [2.75, 3.05) is 19.0 Å². The lowest BCUT2D eigenvalue weighted by Crippen LogP contribution is -2.23. The molecule has 0 saturated carbocycles. The molecule has 0 bridgehead atoms. The van der Waals surface area contributed by atoms with E-state index in [0.717, 1.165) is 5.69 Å². The predicted molar refractivity (Wildman–Crippen MR) is 75.4 cm³/mol. The molecule has 1 N–H and O–H groups in total. The van der Waals surface area contributed by atoms with Crippen molar-refractivity contribution in [3.05, 3.63) is 59.4 Å². The fraction of sp³-hybridized carbons (Fsp3) is 0.250. The van der Waals surface area contributed by atoms with Crippen LogP contribution < -0.4 is 10.1 Å². The molecule has 0 aliphatic carbocycles. The molecule has 0 aromatic heterocycles. The Morgan fingerprint density at radius 2 is 2.10 bits per heavy atom. The molecule has 20 heavy (non-hydrogen) atoms. The van der Waals surface area contributed by atoms with Crippen molar-refractivity contribution >= 4 is 5.69 Å². The smallest absolute Gasteiger partial charge is 0.165 e. The maximum atomic E-state index is 13.4. The maximum Gasteiger partial charge on any atom is 0.165 e. The summed E-state index contributed by atoms with van der Waals surface area (Å²) in [6.07, 6.45) is 0. The van der Waals surface area contributed by atoms with Gasteiger partial charge < -0.3 is 14.8 Å². The third-order valence-electron chi connectivity index (χ3n) is 3.46. The summed E-state index contributed by atoms with van der Waals surface area (Å²) in [5.41, 5.74) is 3.22. The summed E-state index contributed by atoms with van der Waals surface area (Å²) in [6, 6.07) is 13.0. The van der Waals surface area contributed by atoms with Gasteiger partial charge in [-0.05, 0) is 23.3 Å². The van der Waals surface area contributed by atoms with Crippen LogP contribution in [0.15, 0.2) is 42.5 Å². The van der Waals surface area contributed by atoms with Crippen LogP contribution >= 0.6 is 0 Å². The van der Waals surface area contributed by atoms with Gasteiger partial charge in [-0.3, -0.25) is 0 Å². The zero-order chi connectivity index (χ0) is 13.9. The molecule has 3 nitrogen and oxygen atoms in total. The summed E-state index contributed by atoms with van der Waals surface area (Å²) in [5.74, 6) is -0.127. The van der Waals surface area contributed by atoms with Crippen molar-refractivity contribution in [2.24, 2.45) is 0 Å². The molecule has 4 heteroatoms. The van der Waals surface area contributed by atoms with Gasteiger partial charge in [0.25, 0.3) is 0 Å². The lowest BCUT2D eigenvalue weighted by Gasteiger charge is -2.27. The number of ether oxygens (including phenoxy) is 2. The number of nitrogens with one attached hydrogen (secondary N) is 1. The molecule has 1 atom stereocenters. The van der Waals surface area contributed by atoms with Crippen molar-refractivity contribution in [1.82, 2.24) is 0 Å². The molecule has 0 fully saturated rings. The van der Waals surface area contributed by atoms with E-state index in [1.54, 1.807) is 12.1 Å². The minimum atomic E-state index is -0.363. The van der Waals surface area contributed by atoms with Crippen molar-refractivity contribution < 1.29 is 13.9 Å². The molecule has 1 aliphatic rings. The van der Waals surface area contributed by atoms with Crippen LogP contribution in [0.5, 0.6) is 5.75 Å². The van der Waals surface area contributed by atoms with E-state index in [0.29, 0.717) is 13.2 Å². The highest BCUT2D eigenvalue weighted by Gasteiger charge is 2.20. The molecule has 0 radical (unpaired) electrons. The Balaban J connectivity index is 1.85. The van der Waals surface area contributed by atoms with Crippen LogP contribution in [-0.2, 0) is 11.3 Å². The predicted octanol–water partition coefficient (Wildman–Crippen LogP) is 3.52. The van der Waals surface area contributed by atoms with E-state index in [1.165, 1.54) is 24.3 Å². The van der Waals surface area contributed by atoms with E-state index in [4.69, 9.17) is 9.47 Å². The van der Waals surface area contributed by atoms with Crippen molar-refractivity contribution in [1.29, 1.82) is 0 Å². The first-order valence-electron chi connectivity index (χ1n) is 6.53. The maximum absolute atomic E-state index is 13.4. The summed E-state index contributed by atoms with van der Waals surface area (Å²) >= 11 is 0. The second-order valence-electron chi connectivity index (χ2n) is 4.76. The molecule has 0 spiro atoms. The minimum Gasteiger partial charge on any atom is -0.494 e. The lowest BCUT2D eigenvalue weighted by atomic mass is 9.99. The number of hydrogen-bond acceptors (Lipinski definition) is 3. The number of anilines is 1. The second-order valence-corrected chi connectivity index (χ2v) is 4.76. The van der Waals surface area contributed by atoms with Crippen LogP contribution in [0.2, 0.25) is 0 Å². The van der Waals surface area contributed by atoms with E-state index < -0.39 is 0 Å². The van der Waals surface area contributed by atoms with Crippen LogP contribution in [0.4, 0.5) is 10.1 Å². The zero-order valence-corrected chi connectivity index (χ0v) is 11.2. The van der Waals surface area contributed by atoms with E-state index in [-0.39, 0.29) is 17.6 Å². The minimum absolute atomic E-state index is 0.0649. The van der Waals surface area contributed by atoms with E-state index in [1.807, 2.05) is 12.1 Å². The van der Waals surface area contributed by atoms with Gasteiger partial charge in [0.05, 0.1) is 26.4 Å². The van der Waals surface area contributed by atoms with Gasteiger partial charge in [0.2, 0.25) is 0 Å². The molecular weight excluding hydrogens is 257 g/mol. The van der Waals surface area contributed by atoms with Crippen molar-refractivity contribution in [2.45, 2.75) is 12.6 Å². The van der Waals surface area contributed by atoms with Crippen molar-refractivity contribution in [3.8, 4) is 5.75 Å². The summed E-state index contributed by atoms with van der Waals surface area (Å²) in [4.78, 5) is 0. The molecule has 3 rings (SSSR count). The third kappa shape index (κ3) is 2.47. The van der Waals surface area contributed by atoms with Crippen LogP contribution in [-0.4, -0.2) is 13.7 Å². The van der Waals surface area contributed by atoms with Crippen LogP contribution in [0.25, 0.3) is 0 Å². The Hall–Kier alpha value is -2.07. The van der Waals surface area contributed by atoms with Gasteiger partial charge in [0.1, 0.15) is 0 Å². The van der Waals surface area contributed by atoms with Crippen LogP contribution in [0, 0.1) is 5.82 Å². The SMILES string of the molecule is COc1cc(NC2COCc3ccccc32)ccc1F. The normalized spacial score (nSPS) is 17.4. The number of benzene rings is 2. The third-order valence-corrected chi connectivity index (χ3v) is 3.46. The van der Waals surface area contributed by atoms with Gasteiger partial charge in [-0.1, -0.05) is 24.3 Å². The highest BCUT2D eigenvalue weighted by molar-refractivity contribution is 5.51. The molecule has 2 aromatic rings. The second kappa shape index (κ2) is 5.51. The molecule has 1 aliphatic heterocycles. The first-order chi connectivity index (χ1) is 9.78. The van der Waals surface area contributed by atoms with E-state index >= 15 is 0 Å². The Bertz CT molecular complexity index is 615. The Kier molecular flexibility index (Phi) is 3.56. The largest absolute Gasteiger partial charge is 0.494 e. The number of hydrogen-bond donors (Lipinski definition) is 1. The highest BCUT2D eigenvalue weighted by Crippen LogP contribution is 2.29. The molecule has 104 valence electrons. The highest BCUT2D eigenvalue weighted by atomic mass is 19.1. The summed E-state index contributed by atoms with van der Waals surface area (Å²) in [6.45, 7) is 1.23. The zero-order valence-electron chi connectivity index (χ0n) is 11.2. The number of fused-ring (bicyclic) bond motifs is 1. The Labute approximate surface area is 117 Å². The van der Waals surface area contributed by atoms with Crippen LogP contribution in [0.3, 0.4) is 0 Å². The molecule has 1 unspecified atom stereocenters. The van der Waals surface area contributed by atoms with Crippen LogP contribution in [0.1, 0.15) is 17.2 Å². The molecule has 1 heterocycles. The molecular formula is C16H16FNO2. The quantitative estimate of drug-likeness (QED) is 0.928. The number of rotatable bonds is 3. The van der Waals surface area contributed by atoms with Gasteiger partial charge in [-0.25, -0.2) is 4.39 Å². The van der Waals surface area contributed by atoms with Crippen molar-refractivity contribution in [3.63, 3.8) is 0 Å². The monoisotopic (exact) mass is 273 g/mol. The van der Waals surface area contributed by atoms with Gasteiger partial charge in [-0.15, -0.1) is 0 Å². The average Bonchev–Trinajstić information content (AvgIpc) is 2.49. The fourth-order valence-corrected chi connectivity index (χ4v) is 2.45. The summed E-state index contributed by atoms with van der Waals surface area (Å²) in [7, 11) is 1.46. The molecule has 2 aromatic carbocycles. The van der Waals surface area contributed by atoms with Gasteiger partial charge in [0, 0.05) is 11.8 Å². The molecule has 0 saturated heterocycles. The first-order valence-corrected chi connectivity index (χ1v) is 6.53. The van der Waals surface area contributed by atoms with E-state index in [9.17, 15) is 4.39 Å². The average molecular weight is 273 g/mol. The van der Waals surface area contributed by atoms with Gasteiger partial charge >= 0.3 is 0 Å². The van der Waals surface area contributed by atoms with Gasteiger partial charge in [-0.2, -0.15) is 0 Å². The topological polar surface area (TPSA) is 30.5 Å². The Morgan fingerprint density at radius 3 is 2.95 bits per heavy atom. The first kappa shape index (κ1) is 12.9. The van der Waals surface area contributed by atoms with E-state index in [2.05, 4.69) is 17.4 Å². The standard InChI is InChI=1S/C16H16FNO2/c1-19-16-8-12(6-7-14(16)17)18-15-10-20-9-11-4-2-3-5-13(11)15/h2-8,15,18H,9-10H2,1H3. The fourth-order valence-electron chi connectivity index (χ4n) is 2.45. The summed E-state index contributed by atoms with van der Waals surface area (Å²) in [5, 5.41) is 3.37. The van der Waals surface area contributed by atoms with Gasteiger partial charge in [0.15, 0.2) is 11.6 Å².